The molecule has 0 bridgehead atoms. The molecule has 0 unspecified atom stereocenters. The van der Waals surface area contributed by atoms with Crippen LogP contribution in [0, 0.1) is 5.82 Å². The zero-order chi connectivity index (χ0) is 14.2. The average Bonchev–Trinajstić information content (AvgIpc) is 2.53. The van der Waals surface area contributed by atoms with E-state index in [9.17, 15) is 4.39 Å². The number of nitrogens with zero attached hydrogens (tertiary/aromatic N) is 1. The molecule has 21 heavy (non-hydrogen) atoms. The maximum atomic E-state index is 13.7. The first kappa shape index (κ1) is 12.0. The fraction of sp³-hybridized carbons (Fsp3) is 0. The molecule has 4 rings (SSSR count). The van der Waals surface area contributed by atoms with Gasteiger partial charge in [-0.2, -0.15) is 0 Å². The molecule has 0 atom stereocenters. The van der Waals surface area contributed by atoms with Gasteiger partial charge >= 0.3 is 0 Å². The van der Waals surface area contributed by atoms with Gasteiger partial charge in [-0.15, -0.1) is 0 Å². The Balaban J connectivity index is 2.24. The zero-order valence-electron chi connectivity index (χ0n) is 11.3. The second-order valence-corrected chi connectivity index (χ2v) is 5.03. The summed E-state index contributed by atoms with van der Waals surface area (Å²) in [7, 11) is 0. The average molecular weight is 273 g/mol. The van der Waals surface area contributed by atoms with Gasteiger partial charge in [-0.05, 0) is 29.8 Å². The molecule has 100 valence electrons. The number of hydrogen-bond acceptors (Lipinski definition) is 1. The molecule has 1 nitrogen and oxygen atoms in total. The molecule has 0 N–H and O–H groups in total. The number of halogens is 1. The summed E-state index contributed by atoms with van der Waals surface area (Å²) in [5.74, 6) is -0.239. The van der Waals surface area contributed by atoms with Gasteiger partial charge in [-0.25, -0.2) is 9.37 Å². The standard InChI is InChI=1S/C19H12FN/c20-14-10-11-18-16(12-14)19(13-6-2-1-3-7-13)15-8-4-5-9-17(15)21-18/h1-12H. The molecule has 4 aromatic rings. The van der Waals surface area contributed by atoms with Gasteiger partial charge in [0.15, 0.2) is 0 Å². The van der Waals surface area contributed by atoms with Crippen LogP contribution < -0.4 is 0 Å². The summed E-state index contributed by atoms with van der Waals surface area (Å²) in [6.07, 6.45) is 0. The van der Waals surface area contributed by atoms with Crippen molar-refractivity contribution in [2.45, 2.75) is 0 Å². The maximum absolute atomic E-state index is 13.7. The van der Waals surface area contributed by atoms with Crippen molar-refractivity contribution in [1.82, 2.24) is 4.98 Å². The summed E-state index contributed by atoms with van der Waals surface area (Å²) in [4.78, 5) is 4.64. The van der Waals surface area contributed by atoms with Gasteiger partial charge in [0.1, 0.15) is 5.82 Å². The number of para-hydroxylation sites is 1. The van der Waals surface area contributed by atoms with E-state index in [2.05, 4.69) is 4.98 Å². The molecule has 0 radical (unpaired) electrons. The lowest BCUT2D eigenvalue weighted by Gasteiger charge is -2.11. The summed E-state index contributed by atoms with van der Waals surface area (Å²) in [6.45, 7) is 0. The lowest BCUT2D eigenvalue weighted by atomic mass is 9.96. The second kappa shape index (κ2) is 4.67. The number of aromatic nitrogens is 1. The Hall–Kier alpha value is -2.74. The van der Waals surface area contributed by atoms with Gasteiger partial charge in [-0.1, -0.05) is 48.5 Å². The molecule has 0 saturated carbocycles. The zero-order valence-corrected chi connectivity index (χ0v) is 11.3. The predicted octanol–water partition coefficient (Wildman–Crippen LogP) is 5.19. The first-order valence-corrected chi connectivity index (χ1v) is 6.86. The highest BCUT2D eigenvalue weighted by Gasteiger charge is 2.11. The number of pyridine rings is 1. The van der Waals surface area contributed by atoms with Crippen LogP contribution in [0.2, 0.25) is 0 Å². The molecule has 0 aliphatic carbocycles. The smallest absolute Gasteiger partial charge is 0.123 e. The molecule has 1 aromatic heterocycles. The topological polar surface area (TPSA) is 12.9 Å². The van der Waals surface area contributed by atoms with Crippen LogP contribution in [0.5, 0.6) is 0 Å². The molecule has 2 heteroatoms. The van der Waals surface area contributed by atoms with Crippen LogP contribution in [0.1, 0.15) is 0 Å². The minimum absolute atomic E-state index is 0.239. The van der Waals surface area contributed by atoms with Crippen LogP contribution in [-0.2, 0) is 0 Å². The molecule has 0 fully saturated rings. The fourth-order valence-corrected chi connectivity index (χ4v) is 2.78. The molecular formula is C19H12FN. The summed E-state index contributed by atoms with van der Waals surface area (Å²) in [5, 5.41) is 1.89. The van der Waals surface area contributed by atoms with Gasteiger partial charge in [0.2, 0.25) is 0 Å². The Morgan fingerprint density at radius 1 is 0.667 bits per heavy atom. The maximum Gasteiger partial charge on any atom is 0.123 e. The highest BCUT2D eigenvalue weighted by atomic mass is 19.1. The van der Waals surface area contributed by atoms with Gasteiger partial charge in [0.05, 0.1) is 11.0 Å². The van der Waals surface area contributed by atoms with E-state index in [1.54, 1.807) is 12.1 Å². The van der Waals surface area contributed by atoms with E-state index in [1.165, 1.54) is 6.07 Å². The van der Waals surface area contributed by atoms with Crippen molar-refractivity contribution in [3.05, 3.63) is 78.6 Å². The Labute approximate surface area is 121 Å². The monoisotopic (exact) mass is 273 g/mol. The quantitative estimate of drug-likeness (QED) is 0.435. The van der Waals surface area contributed by atoms with E-state index in [4.69, 9.17) is 0 Å². The Morgan fingerprint density at radius 3 is 2.24 bits per heavy atom. The Bertz CT molecular complexity index is 945. The van der Waals surface area contributed by atoms with Gasteiger partial charge in [-0.3, -0.25) is 0 Å². The van der Waals surface area contributed by atoms with Gasteiger partial charge in [0, 0.05) is 16.3 Å². The minimum Gasteiger partial charge on any atom is -0.248 e. The third-order valence-electron chi connectivity index (χ3n) is 3.70. The number of rotatable bonds is 1. The normalized spacial score (nSPS) is 11.1. The van der Waals surface area contributed by atoms with Crippen LogP contribution in [0.15, 0.2) is 72.8 Å². The Kier molecular flexibility index (Phi) is 2.68. The molecule has 0 aliphatic rings. The molecular weight excluding hydrogens is 261 g/mol. The number of hydrogen-bond donors (Lipinski definition) is 0. The largest absolute Gasteiger partial charge is 0.248 e. The van der Waals surface area contributed by atoms with Crippen molar-refractivity contribution >= 4 is 21.8 Å². The van der Waals surface area contributed by atoms with E-state index < -0.39 is 0 Å². The van der Waals surface area contributed by atoms with Crippen LogP contribution >= 0.6 is 0 Å². The summed E-state index contributed by atoms with van der Waals surface area (Å²) >= 11 is 0. The van der Waals surface area contributed by atoms with Crippen LogP contribution in [0.4, 0.5) is 4.39 Å². The first-order chi connectivity index (χ1) is 10.3. The summed E-state index contributed by atoms with van der Waals surface area (Å²) in [5.41, 5.74) is 3.85. The molecule has 0 aliphatic heterocycles. The van der Waals surface area contributed by atoms with E-state index in [0.717, 1.165) is 32.9 Å². The lowest BCUT2D eigenvalue weighted by molar-refractivity contribution is 0.629. The van der Waals surface area contributed by atoms with Crippen molar-refractivity contribution in [2.75, 3.05) is 0 Å². The third kappa shape index (κ3) is 1.96. The van der Waals surface area contributed by atoms with Gasteiger partial charge in [0.25, 0.3) is 0 Å². The van der Waals surface area contributed by atoms with Crippen LogP contribution in [-0.4, -0.2) is 4.98 Å². The summed E-state index contributed by atoms with van der Waals surface area (Å²) in [6, 6.07) is 22.8. The van der Waals surface area contributed by atoms with E-state index in [-0.39, 0.29) is 5.82 Å². The van der Waals surface area contributed by atoms with Crippen LogP contribution in [0.3, 0.4) is 0 Å². The van der Waals surface area contributed by atoms with Crippen molar-refractivity contribution in [1.29, 1.82) is 0 Å². The minimum atomic E-state index is -0.239. The first-order valence-electron chi connectivity index (χ1n) is 6.86. The van der Waals surface area contributed by atoms with Crippen LogP contribution in [0.25, 0.3) is 32.9 Å². The number of fused-ring (bicyclic) bond motifs is 2. The third-order valence-corrected chi connectivity index (χ3v) is 3.70. The number of benzene rings is 3. The second-order valence-electron chi connectivity index (χ2n) is 5.03. The highest BCUT2D eigenvalue weighted by Crippen LogP contribution is 2.34. The van der Waals surface area contributed by atoms with Crippen molar-refractivity contribution in [2.24, 2.45) is 0 Å². The highest BCUT2D eigenvalue weighted by molar-refractivity contribution is 6.09. The lowest BCUT2D eigenvalue weighted by Crippen LogP contribution is -1.89. The molecule has 0 spiro atoms. The fourth-order valence-electron chi connectivity index (χ4n) is 2.78. The van der Waals surface area contributed by atoms with E-state index in [1.807, 2.05) is 54.6 Å². The Morgan fingerprint density at radius 2 is 1.38 bits per heavy atom. The van der Waals surface area contributed by atoms with E-state index in [0.29, 0.717) is 0 Å². The van der Waals surface area contributed by atoms with Gasteiger partial charge < -0.3 is 0 Å². The SMILES string of the molecule is Fc1ccc2nc3ccccc3c(-c3ccccc3)c2c1. The molecule has 0 saturated heterocycles. The van der Waals surface area contributed by atoms with Crippen molar-refractivity contribution in [3.8, 4) is 11.1 Å². The predicted molar refractivity (Wildman–Crippen MR) is 84.6 cm³/mol. The van der Waals surface area contributed by atoms with E-state index >= 15 is 0 Å². The van der Waals surface area contributed by atoms with Crippen molar-refractivity contribution in [3.63, 3.8) is 0 Å². The molecule has 1 heterocycles. The summed E-state index contributed by atoms with van der Waals surface area (Å²) < 4.78 is 13.7. The van der Waals surface area contributed by atoms with Crippen molar-refractivity contribution < 1.29 is 4.39 Å². The molecule has 3 aromatic carbocycles. The molecule has 0 amide bonds.